The second-order valence-electron chi connectivity index (χ2n) is 6.16. The van der Waals surface area contributed by atoms with Gasteiger partial charge >= 0.3 is 6.18 Å². The van der Waals surface area contributed by atoms with Gasteiger partial charge in [0.2, 0.25) is 0 Å². The first kappa shape index (κ1) is 23.3. The first-order valence-corrected chi connectivity index (χ1v) is 9.41. The first-order chi connectivity index (χ1) is 14.3. The van der Waals surface area contributed by atoms with Gasteiger partial charge in [0.25, 0.3) is 5.91 Å². The van der Waals surface area contributed by atoms with Crippen molar-refractivity contribution in [1.82, 2.24) is 16.0 Å². The maximum absolute atomic E-state index is 12.2. The Bertz CT molecular complexity index is 841. The third-order valence-electron chi connectivity index (χ3n) is 3.82. The van der Waals surface area contributed by atoms with Gasteiger partial charge in [-0.1, -0.05) is 23.7 Å². The van der Waals surface area contributed by atoms with E-state index in [0.717, 1.165) is 5.56 Å². The SMILES string of the molecule is CN=C(NCCNC(=O)c1ccc(Cl)cc1)NCc1ccc(OCC(F)(F)F)cc1. The molecule has 6 nitrogen and oxygen atoms in total. The van der Waals surface area contributed by atoms with Gasteiger partial charge in [-0.15, -0.1) is 0 Å². The van der Waals surface area contributed by atoms with Crippen molar-refractivity contribution in [3.63, 3.8) is 0 Å². The highest BCUT2D eigenvalue weighted by molar-refractivity contribution is 6.30. The van der Waals surface area contributed by atoms with Gasteiger partial charge in [-0.2, -0.15) is 13.2 Å². The van der Waals surface area contributed by atoms with Crippen LogP contribution < -0.4 is 20.7 Å². The summed E-state index contributed by atoms with van der Waals surface area (Å²) in [5.74, 6) is 0.465. The lowest BCUT2D eigenvalue weighted by atomic mass is 10.2. The van der Waals surface area contributed by atoms with Crippen molar-refractivity contribution in [2.45, 2.75) is 12.7 Å². The predicted octanol–water partition coefficient (Wildman–Crippen LogP) is 3.38. The maximum atomic E-state index is 12.2. The van der Waals surface area contributed by atoms with E-state index in [4.69, 9.17) is 11.6 Å². The zero-order valence-electron chi connectivity index (χ0n) is 16.2. The highest BCUT2D eigenvalue weighted by Gasteiger charge is 2.28. The number of hydrogen-bond acceptors (Lipinski definition) is 3. The van der Waals surface area contributed by atoms with E-state index in [1.807, 2.05) is 0 Å². The third-order valence-corrected chi connectivity index (χ3v) is 4.07. The van der Waals surface area contributed by atoms with Crippen molar-refractivity contribution in [3.05, 3.63) is 64.7 Å². The molecule has 0 unspecified atom stereocenters. The number of hydrogen-bond donors (Lipinski definition) is 3. The van der Waals surface area contributed by atoms with E-state index in [2.05, 4.69) is 25.7 Å². The van der Waals surface area contributed by atoms with Crippen LogP contribution in [0.2, 0.25) is 5.02 Å². The molecule has 0 fully saturated rings. The van der Waals surface area contributed by atoms with Crippen LogP contribution in [0.15, 0.2) is 53.5 Å². The molecule has 3 N–H and O–H groups in total. The van der Waals surface area contributed by atoms with Crippen LogP contribution in [0.5, 0.6) is 5.75 Å². The Labute approximate surface area is 177 Å². The molecule has 0 aliphatic rings. The Morgan fingerprint density at radius 3 is 2.23 bits per heavy atom. The molecule has 0 aliphatic heterocycles. The van der Waals surface area contributed by atoms with Gasteiger partial charge in [0.1, 0.15) is 5.75 Å². The van der Waals surface area contributed by atoms with Crippen molar-refractivity contribution in [1.29, 1.82) is 0 Å². The lowest BCUT2D eigenvalue weighted by molar-refractivity contribution is -0.153. The molecule has 0 spiro atoms. The quantitative estimate of drug-likeness (QED) is 0.333. The van der Waals surface area contributed by atoms with Crippen molar-refractivity contribution in [2.24, 2.45) is 4.99 Å². The van der Waals surface area contributed by atoms with Crippen molar-refractivity contribution >= 4 is 23.5 Å². The van der Waals surface area contributed by atoms with Gasteiger partial charge in [0.15, 0.2) is 12.6 Å². The zero-order valence-corrected chi connectivity index (χ0v) is 17.0. The standard InChI is InChI=1S/C20H22ClF3N4O2/c1-25-19(27-11-10-26-18(29)15-4-6-16(21)7-5-15)28-12-14-2-8-17(9-3-14)30-13-20(22,23)24/h2-9H,10-13H2,1H3,(H,26,29)(H2,25,27,28). The van der Waals surface area contributed by atoms with Crippen LogP contribution in [0.1, 0.15) is 15.9 Å². The largest absolute Gasteiger partial charge is 0.484 e. The van der Waals surface area contributed by atoms with Crippen LogP contribution in [0.25, 0.3) is 0 Å². The number of nitrogens with zero attached hydrogens (tertiary/aromatic N) is 1. The number of rotatable bonds is 8. The van der Waals surface area contributed by atoms with Gasteiger partial charge < -0.3 is 20.7 Å². The molecule has 0 saturated carbocycles. The van der Waals surface area contributed by atoms with Crippen LogP contribution in [-0.4, -0.2) is 44.8 Å². The fourth-order valence-corrected chi connectivity index (χ4v) is 2.46. The third kappa shape index (κ3) is 8.60. The van der Waals surface area contributed by atoms with E-state index >= 15 is 0 Å². The van der Waals surface area contributed by atoms with Gasteiger partial charge in [0, 0.05) is 37.3 Å². The Morgan fingerprint density at radius 1 is 1.00 bits per heavy atom. The molecule has 2 rings (SSSR count). The molecule has 2 aromatic rings. The number of benzene rings is 2. The number of halogens is 4. The number of aliphatic imine (C=N–C) groups is 1. The zero-order chi connectivity index (χ0) is 22.0. The minimum absolute atomic E-state index is 0.148. The molecular weight excluding hydrogens is 421 g/mol. The second-order valence-corrected chi connectivity index (χ2v) is 6.60. The normalized spacial score (nSPS) is 11.7. The molecule has 0 atom stereocenters. The number of alkyl halides is 3. The van der Waals surface area contributed by atoms with Crippen LogP contribution in [0, 0.1) is 0 Å². The number of amides is 1. The number of nitrogens with one attached hydrogen (secondary N) is 3. The lowest BCUT2D eigenvalue weighted by Gasteiger charge is -2.13. The van der Waals surface area contributed by atoms with Gasteiger partial charge in [-0.25, -0.2) is 0 Å². The summed E-state index contributed by atoms with van der Waals surface area (Å²) in [7, 11) is 1.61. The van der Waals surface area contributed by atoms with Gasteiger partial charge in [-0.3, -0.25) is 9.79 Å². The molecule has 162 valence electrons. The highest BCUT2D eigenvalue weighted by Crippen LogP contribution is 2.18. The molecule has 2 aromatic carbocycles. The van der Waals surface area contributed by atoms with Crippen LogP contribution in [-0.2, 0) is 6.54 Å². The first-order valence-electron chi connectivity index (χ1n) is 9.03. The second kappa shape index (κ2) is 11.3. The lowest BCUT2D eigenvalue weighted by Crippen LogP contribution is -2.41. The average Bonchev–Trinajstić information content (AvgIpc) is 2.72. The minimum Gasteiger partial charge on any atom is -0.484 e. The number of carbonyl (C=O) groups excluding carboxylic acids is 1. The van der Waals surface area contributed by atoms with E-state index in [1.165, 1.54) is 12.1 Å². The van der Waals surface area contributed by atoms with E-state index < -0.39 is 12.8 Å². The molecule has 0 heterocycles. The highest BCUT2D eigenvalue weighted by atomic mass is 35.5. The Kier molecular flexibility index (Phi) is 8.79. The van der Waals surface area contributed by atoms with Crippen molar-refractivity contribution in [2.75, 3.05) is 26.7 Å². The van der Waals surface area contributed by atoms with E-state index in [-0.39, 0.29) is 11.7 Å². The molecule has 0 aromatic heterocycles. The Hall–Kier alpha value is -2.94. The van der Waals surface area contributed by atoms with Crippen LogP contribution in [0.4, 0.5) is 13.2 Å². The van der Waals surface area contributed by atoms with E-state index in [1.54, 1.807) is 43.4 Å². The van der Waals surface area contributed by atoms with Crippen molar-refractivity contribution in [3.8, 4) is 5.75 Å². The molecular formula is C20H22ClF3N4O2. The number of carbonyl (C=O) groups is 1. The molecule has 10 heteroatoms. The number of ether oxygens (including phenoxy) is 1. The molecule has 0 aliphatic carbocycles. The molecule has 1 amide bonds. The molecule has 0 radical (unpaired) electrons. The summed E-state index contributed by atoms with van der Waals surface area (Å²) >= 11 is 5.80. The minimum atomic E-state index is -4.37. The van der Waals surface area contributed by atoms with E-state index in [0.29, 0.717) is 36.2 Å². The molecule has 0 saturated heterocycles. The molecule has 30 heavy (non-hydrogen) atoms. The molecule has 0 bridgehead atoms. The fourth-order valence-electron chi connectivity index (χ4n) is 2.34. The summed E-state index contributed by atoms with van der Waals surface area (Å²) in [5, 5.41) is 9.48. The summed E-state index contributed by atoms with van der Waals surface area (Å²) in [6.07, 6.45) is -4.37. The monoisotopic (exact) mass is 442 g/mol. The topological polar surface area (TPSA) is 74.8 Å². The smallest absolute Gasteiger partial charge is 0.422 e. The average molecular weight is 443 g/mol. The Balaban J connectivity index is 1.69. The van der Waals surface area contributed by atoms with Crippen LogP contribution in [0.3, 0.4) is 0 Å². The van der Waals surface area contributed by atoms with Crippen molar-refractivity contribution < 1.29 is 22.7 Å². The maximum Gasteiger partial charge on any atom is 0.422 e. The fraction of sp³-hybridized carbons (Fsp3) is 0.300. The summed E-state index contributed by atoms with van der Waals surface area (Å²) in [6.45, 7) is -0.0807. The number of guanidine groups is 1. The summed E-state index contributed by atoms with van der Waals surface area (Å²) in [5.41, 5.74) is 1.36. The summed E-state index contributed by atoms with van der Waals surface area (Å²) in [4.78, 5) is 16.1. The Morgan fingerprint density at radius 2 is 1.63 bits per heavy atom. The van der Waals surface area contributed by atoms with Gasteiger partial charge in [0.05, 0.1) is 0 Å². The van der Waals surface area contributed by atoms with Crippen LogP contribution >= 0.6 is 11.6 Å². The summed E-state index contributed by atoms with van der Waals surface area (Å²) in [6, 6.07) is 12.9. The van der Waals surface area contributed by atoms with E-state index in [9.17, 15) is 18.0 Å². The predicted molar refractivity (Wildman–Crippen MR) is 110 cm³/mol. The van der Waals surface area contributed by atoms with Gasteiger partial charge in [-0.05, 0) is 42.0 Å². The summed E-state index contributed by atoms with van der Waals surface area (Å²) < 4.78 is 41.1.